The van der Waals surface area contributed by atoms with Gasteiger partial charge in [0.15, 0.2) is 0 Å². The first-order valence-electron chi connectivity index (χ1n) is 17.6. The molecule has 0 bridgehead atoms. The van der Waals surface area contributed by atoms with E-state index in [1.165, 1.54) is 27.5 Å². The van der Waals surface area contributed by atoms with Gasteiger partial charge in [-0.05, 0) is 68.6 Å². The Bertz CT molecular complexity index is 3190. The van der Waals surface area contributed by atoms with Crippen LogP contribution in [0.2, 0.25) is 0 Å². The number of para-hydroxylation sites is 1. The lowest BCUT2D eigenvalue weighted by Gasteiger charge is -2.19. The van der Waals surface area contributed by atoms with Crippen molar-refractivity contribution in [2.45, 2.75) is 0 Å². The van der Waals surface area contributed by atoms with Crippen molar-refractivity contribution in [1.29, 1.82) is 0 Å². The molecule has 0 radical (unpaired) electrons. The Balaban J connectivity index is 1.24. The summed E-state index contributed by atoms with van der Waals surface area (Å²) in [6.45, 7) is 0. The molecule has 0 aliphatic heterocycles. The highest BCUT2D eigenvalue weighted by molar-refractivity contribution is 6.25. The summed E-state index contributed by atoms with van der Waals surface area (Å²) >= 11 is 0. The van der Waals surface area contributed by atoms with Crippen LogP contribution in [0.25, 0.3) is 110 Å². The molecule has 0 N–H and O–H groups in total. The maximum absolute atomic E-state index is 5.53. The van der Waals surface area contributed by atoms with Gasteiger partial charge in [0.25, 0.3) is 0 Å². The standard InChI is InChI=1S/C48H28N4/c1-2-12-29(13-3-1)42-37-19-8-9-21-40(37)51-48-38(42)24-22-30-23-25-41(52-46(30)48)44-34-17-6-4-15-32(34)43(33-16-5-7-18-35(33)44)39-28-31-14-10-26-49-45(31)47-36(39)20-11-27-50-47/h1-28H. The number of hydrogen-bond donors (Lipinski definition) is 0. The van der Waals surface area contributed by atoms with Crippen LogP contribution in [0.1, 0.15) is 0 Å². The van der Waals surface area contributed by atoms with Crippen LogP contribution < -0.4 is 0 Å². The summed E-state index contributed by atoms with van der Waals surface area (Å²) < 4.78 is 0. The zero-order valence-corrected chi connectivity index (χ0v) is 28.0. The van der Waals surface area contributed by atoms with Gasteiger partial charge in [0.2, 0.25) is 0 Å². The Hall–Kier alpha value is -7.04. The van der Waals surface area contributed by atoms with Gasteiger partial charge in [-0.25, -0.2) is 9.97 Å². The number of nitrogens with zero attached hydrogens (tertiary/aromatic N) is 4. The Labute approximate surface area is 298 Å². The lowest BCUT2D eigenvalue weighted by Crippen LogP contribution is -1.95. The summed E-state index contributed by atoms with van der Waals surface area (Å²) in [6.07, 6.45) is 3.70. The van der Waals surface area contributed by atoms with Gasteiger partial charge in [-0.2, -0.15) is 0 Å². The van der Waals surface area contributed by atoms with Gasteiger partial charge in [0.05, 0.1) is 33.3 Å². The zero-order valence-electron chi connectivity index (χ0n) is 28.0. The maximum atomic E-state index is 5.53. The molecule has 4 nitrogen and oxygen atoms in total. The van der Waals surface area contributed by atoms with Gasteiger partial charge in [-0.15, -0.1) is 0 Å². The van der Waals surface area contributed by atoms with Crippen molar-refractivity contribution in [3.63, 3.8) is 0 Å². The quantitative estimate of drug-likeness (QED) is 0.140. The minimum absolute atomic E-state index is 0.897. The van der Waals surface area contributed by atoms with Crippen molar-refractivity contribution in [1.82, 2.24) is 19.9 Å². The fraction of sp³-hybridized carbons (Fsp3) is 0. The van der Waals surface area contributed by atoms with E-state index in [1.807, 2.05) is 24.5 Å². The van der Waals surface area contributed by atoms with Crippen LogP contribution >= 0.6 is 0 Å². The van der Waals surface area contributed by atoms with Gasteiger partial charge >= 0.3 is 0 Å². The molecule has 240 valence electrons. The van der Waals surface area contributed by atoms with E-state index in [-0.39, 0.29) is 0 Å². The van der Waals surface area contributed by atoms with E-state index in [1.54, 1.807) is 0 Å². The predicted molar refractivity (Wildman–Crippen MR) is 216 cm³/mol. The van der Waals surface area contributed by atoms with Crippen LogP contribution in [0.5, 0.6) is 0 Å². The average molecular weight is 661 g/mol. The molecule has 11 aromatic rings. The summed E-state index contributed by atoms with van der Waals surface area (Å²) in [7, 11) is 0. The third kappa shape index (κ3) is 4.21. The molecule has 4 heterocycles. The maximum Gasteiger partial charge on any atom is 0.0978 e. The third-order valence-electron chi connectivity index (χ3n) is 10.5. The highest BCUT2D eigenvalue weighted by Crippen LogP contribution is 2.46. The van der Waals surface area contributed by atoms with E-state index in [0.29, 0.717) is 0 Å². The van der Waals surface area contributed by atoms with E-state index < -0.39 is 0 Å². The van der Waals surface area contributed by atoms with E-state index in [2.05, 4.69) is 146 Å². The molecule has 0 saturated carbocycles. The Morgan fingerprint density at radius 2 is 0.942 bits per heavy atom. The molecular weight excluding hydrogens is 633 g/mol. The first-order chi connectivity index (χ1) is 25.8. The molecule has 0 fully saturated rings. The van der Waals surface area contributed by atoms with Crippen LogP contribution in [0.3, 0.4) is 0 Å². The fourth-order valence-corrected chi connectivity index (χ4v) is 8.27. The second-order valence-electron chi connectivity index (χ2n) is 13.3. The summed E-state index contributed by atoms with van der Waals surface area (Å²) in [5, 5.41) is 10.1. The van der Waals surface area contributed by atoms with Crippen LogP contribution in [0.15, 0.2) is 170 Å². The lowest BCUT2D eigenvalue weighted by atomic mass is 9.85. The molecule has 4 heteroatoms. The lowest BCUT2D eigenvalue weighted by molar-refractivity contribution is 1.37. The van der Waals surface area contributed by atoms with Gasteiger partial charge in [-0.1, -0.05) is 127 Å². The van der Waals surface area contributed by atoms with Crippen molar-refractivity contribution in [2.24, 2.45) is 0 Å². The van der Waals surface area contributed by atoms with E-state index in [9.17, 15) is 0 Å². The normalized spacial score (nSPS) is 11.8. The van der Waals surface area contributed by atoms with Gasteiger partial charge in [0.1, 0.15) is 0 Å². The molecule has 0 aliphatic carbocycles. The monoisotopic (exact) mass is 660 g/mol. The third-order valence-corrected chi connectivity index (χ3v) is 10.5. The summed E-state index contributed by atoms with van der Waals surface area (Å²) in [5.74, 6) is 0. The average Bonchev–Trinajstić information content (AvgIpc) is 3.22. The highest BCUT2D eigenvalue weighted by Gasteiger charge is 2.21. The smallest absolute Gasteiger partial charge is 0.0978 e. The molecular formula is C48H28N4. The first kappa shape index (κ1) is 28.8. The molecule has 4 aromatic heterocycles. The van der Waals surface area contributed by atoms with E-state index >= 15 is 0 Å². The Morgan fingerprint density at radius 1 is 0.327 bits per heavy atom. The molecule has 11 rings (SSSR count). The predicted octanol–water partition coefficient (Wildman–Crippen LogP) is 12.3. The van der Waals surface area contributed by atoms with E-state index in [4.69, 9.17) is 19.9 Å². The summed E-state index contributed by atoms with van der Waals surface area (Å²) in [5.41, 5.74) is 11.3. The number of fused-ring (bicyclic) bond motifs is 9. The number of hydrogen-bond acceptors (Lipinski definition) is 4. The van der Waals surface area contributed by atoms with Gasteiger partial charge in [0, 0.05) is 50.5 Å². The van der Waals surface area contributed by atoms with Gasteiger partial charge in [-0.3, -0.25) is 9.97 Å². The Kier molecular flexibility index (Phi) is 6.22. The zero-order chi connectivity index (χ0) is 34.2. The molecule has 0 aliphatic rings. The molecule has 7 aromatic carbocycles. The summed E-state index contributed by atoms with van der Waals surface area (Å²) in [6, 6.07) is 55.9. The number of aromatic nitrogens is 4. The van der Waals surface area contributed by atoms with Crippen LogP contribution in [0.4, 0.5) is 0 Å². The Morgan fingerprint density at radius 3 is 1.71 bits per heavy atom. The van der Waals surface area contributed by atoms with Crippen LogP contribution in [-0.4, -0.2) is 19.9 Å². The van der Waals surface area contributed by atoms with Crippen LogP contribution in [0, 0.1) is 0 Å². The highest BCUT2D eigenvalue weighted by atomic mass is 14.8. The summed E-state index contributed by atoms with van der Waals surface area (Å²) in [4.78, 5) is 20.4. The number of rotatable bonds is 3. The second-order valence-corrected chi connectivity index (χ2v) is 13.3. The van der Waals surface area contributed by atoms with Crippen molar-refractivity contribution in [3.8, 4) is 33.5 Å². The van der Waals surface area contributed by atoms with Crippen LogP contribution in [-0.2, 0) is 0 Å². The minimum atomic E-state index is 0.897. The largest absolute Gasteiger partial charge is 0.254 e. The van der Waals surface area contributed by atoms with E-state index in [0.717, 1.165) is 82.1 Å². The number of pyridine rings is 4. The van der Waals surface area contributed by atoms with Crippen molar-refractivity contribution < 1.29 is 0 Å². The minimum Gasteiger partial charge on any atom is -0.254 e. The number of benzene rings is 7. The second kappa shape index (κ2) is 11.2. The van der Waals surface area contributed by atoms with Crippen molar-refractivity contribution >= 4 is 76.1 Å². The molecule has 0 unspecified atom stereocenters. The van der Waals surface area contributed by atoms with Crippen molar-refractivity contribution in [3.05, 3.63) is 170 Å². The molecule has 52 heavy (non-hydrogen) atoms. The first-order valence-corrected chi connectivity index (χ1v) is 17.6. The molecule has 0 amide bonds. The molecule has 0 saturated heterocycles. The van der Waals surface area contributed by atoms with Gasteiger partial charge < -0.3 is 0 Å². The van der Waals surface area contributed by atoms with Crippen molar-refractivity contribution in [2.75, 3.05) is 0 Å². The molecule has 0 spiro atoms. The SMILES string of the molecule is c1ccc(-c2c3ccccc3nc3c2ccc2ccc(-c4c5ccccc5c(-c5cc6cccnc6c6ncccc56)c5ccccc45)nc23)cc1. The fourth-order valence-electron chi connectivity index (χ4n) is 8.27. The molecule has 0 atom stereocenters. The topological polar surface area (TPSA) is 51.6 Å².